The molecular weight excluding hydrogens is 536 g/mol. The van der Waals surface area contributed by atoms with E-state index in [2.05, 4.69) is 22.3 Å². The molecule has 40 heavy (non-hydrogen) atoms. The molecule has 0 aromatic rings. The number of amides is 4. The van der Waals surface area contributed by atoms with Crippen molar-refractivity contribution in [3.8, 4) is 0 Å². The van der Waals surface area contributed by atoms with Gasteiger partial charge in [-0.2, -0.15) is 0 Å². The molecule has 1 aliphatic heterocycles. The highest BCUT2D eigenvalue weighted by molar-refractivity contribution is 7.91. The highest BCUT2D eigenvalue weighted by Crippen LogP contribution is 2.47. The summed E-state index contributed by atoms with van der Waals surface area (Å²) in [6.45, 7) is 10.7. The minimum absolute atomic E-state index is 0.276. The SMILES string of the molecule is CCCCCC=CC1CC1(NC(=O)C1CCCN1C(=O)C(C)NC(=O)OC(C)(C)C)C(=O)NS(=O)(=O)C1(C)CC1. The van der Waals surface area contributed by atoms with Crippen molar-refractivity contribution in [3.63, 3.8) is 0 Å². The number of nitrogens with zero attached hydrogens (tertiary/aromatic N) is 1. The lowest BCUT2D eigenvalue weighted by molar-refractivity contribution is -0.140. The third-order valence-corrected chi connectivity index (χ3v) is 10.0. The van der Waals surface area contributed by atoms with E-state index in [4.69, 9.17) is 4.74 Å². The molecule has 226 valence electrons. The van der Waals surface area contributed by atoms with E-state index in [1.807, 2.05) is 12.2 Å². The number of unbranched alkanes of at least 4 members (excludes halogenated alkanes) is 3. The van der Waals surface area contributed by atoms with Crippen molar-refractivity contribution in [2.24, 2.45) is 5.92 Å². The van der Waals surface area contributed by atoms with E-state index in [9.17, 15) is 27.6 Å². The predicted octanol–water partition coefficient (Wildman–Crippen LogP) is 2.90. The van der Waals surface area contributed by atoms with Gasteiger partial charge >= 0.3 is 6.09 Å². The van der Waals surface area contributed by atoms with E-state index in [0.29, 0.717) is 32.2 Å². The van der Waals surface area contributed by atoms with Crippen LogP contribution in [0.1, 0.15) is 99.3 Å². The first kappa shape index (κ1) is 31.9. The summed E-state index contributed by atoms with van der Waals surface area (Å²) in [6.07, 6.45) is 9.33. The van der Waals surface area contributed by atoms with E-state index in [-0.39, 0.29) is 12.3 Å². The van der Waals surface area contributed by atoms with Crippen molar-refractivity contribution in [1.29, 1.82) is 0 Å². The summed E-state index contributed by atoms with van der Waals surface area (Å²) >= 11 is 0. The van der Waals surface area contributed by atoms with Crippen LogP contribution in [0.15, 0.2) is 12.2 Å². The van der Waals surface area contributed by atoms with Crippen LogP contribution in [-0.4, -0.2) is 71.6 Å². The molecule has 0 bridgehead atoms. The average Bonchev–Trinajstić information content (AvgIpc) is 3.70. The number of likely N-dealkylation sites (tertiary alicyclic amines) is 1. The molecule has 11 nitrogen and oxygen atoms in total. The summed E-state index contributed by atoms with van der Waals surface area (Å²) in [5, 5.41) is 5.35. The molecule has 0 spiro atoms. The van der Waals surface area contributed by atoms with Crippen LogP contribution in [0.5, 0.6) is 0 Å². The zero-order valence-electron chi connectivity index (χ0n) is 24.7. The Morgan fingerprint density at radius 1 is 1.15 bits per heavy atom. The lowest BCUT2D eigenvalue weighted by Gasteiger charge is -2.29. The van der Waals surface area contributed by atoms with Crippen molar-refractivity contribution >= 4 is 33.8 Å². The molecule has 1 saturated heterocycles. The van der Waals surface area contributed by atoms with Crippen LogP contribution in [-0.2, 0) is 29.1 Å². The zero-order chi connectivity index (χ0) is 29.9. The number of hydrogen-bond acceptors (Lipinski definition) is 7. The van der Waals surface area contributed by atoms with E-state index in [1.165, 1.54) is 11.8 Å². The van der Waals surface area contributed by atoms with Gasteiger partial charge in [0.2, 0.25) is 21.8 Å². The minimum atomic E-state index is -3.89. The molecular formula is C28H46N4O7S. The number of nitrogens with one attached hydrogen (secondary N) is 3. The molecule has 4 unspecified atom stereocenters. The molecule has 0 radical (unpaired) electrons. The van der Waals surface area contributed by atoms with E-state index in [0.717, 1.165) is 25.7 Å². The number of alkyl carbamates (subject to hydrolysis) is 1. The molecule has 3 N–H and O–H groups in total. The molecule has 2 aliphatic carbocycles. The van der Waals surface area contributed by atoms with Crippen molar-refractivity contribution in [3.05, 3.63) is 12.2 Å². The first-order valence-electron chi connectivity index (χ1n) is 14.4. The second-order valence-electron chi connectivity index (χ2n) is 12.6. The molecule has 2 saturated carbocycles. The maximum Gasteiger partial charge on any atom is 0.408 e. The van der Waals surface area contributed by atoms with Gasteiger partial charge in [0.1, 0.15) is 23.2 Å². The van der Waals surface area contributed by atoms with Crippen LogP contribution in [0, 0.1) is 5.92 Å². The molecule has 4 atom stereocenters. The Morgan fingerprint density at radius 2 is 1.82 bits per heavy atom. The lowest BCUT2D eigenvalue weighted by Crippen LogP contribution is -2.58. The van der Waals surface area contributed by atoms with E-state index < -0.39 is 61.8 Å². The third-order valence-electron chi connectivity index (χ3n) is 7.88. The Morgan fingerprint density at radius 3 is 2.42 bits per heavy atom. The molecule has 3 rings (SSSR count). The second kappa shape index (κ2) is 12.1. The van der Waals surface area contributed by atoms with E-state index >= 15 is 0 Å². The summed E-state index contributed by atoms with van der Waals surface area (Å²) in [6, 6.07) is -1.77. The Balaban J connectivity index is 1.71. The van der Waals surface area contributed by atoms with Gasteiger partial charge < -0.3 is 20.3 Å². The Hall–Kier alpha value is -2.63. The highest BCUT2D eigenvalue weighted by Gasteiger charge is 2.62. The number of carbonyl (C=O) groups is 4. The molecule has 12 heteroatoms. The largest absolute Gasteiger partial charge is 0.444 e. The maximum atomic E-state index is 13.5. The van der Waals surface area contributed by atoms with Crippen LogP contribution in [0.3, 0.4) is 0 Å². The van der Waals surface area contributed by atoms with Gasteiger partial charge in [-0.25, -0.2) is 13.2 Å². The summed E-state index contributed by atoms with van der Waals surface area (Å²) in [5.74, 6) is -2.04. The molecule has 3 fully saturated rings. The van der Waals surface area contributed by atoms with Crippen LogP contribution in [0.25, 0.3) is 0 Å². The number of sulfonamides is 1. The number of ether oxygens (including phenoxy) is 1. The van der Waals surface area contributed by atoms with Crippen LogP contribution in [0.2, 0.25) is 0 Å². The highest BCUT2D eigenvalue weighted by atomic mass is 32.2. The van der Waals surface area contributed by atoms with Crippen molar-refractivity contribution in [1.82, 2.24) is 20.3 Å². The summed E-state index contributed by atoms with van der Waals surface area (Å²) in [4.78, 5) is 53.7. The Labute approximate surface area is 238 Å². The number of allylic oxidation sites excluding steroid dienone is 1. The molecule has 0 aromatic carbocycles. The fraction of sp³-hybridized carbons (Fsp3) is 0.786. The lowest BCUT2D eigenvalue weighted by atomic mass is 10.1. The minimum Gasteiger partial charge on any atom is -0.444 e. The number of carbonyl (C=O) groups excluding carboxylic acids is 4. The van der Waals surface area contributed by atoms with Gasteiger partial charge in [-0.3, -0.25) is 19.1 Å². The second-order valence-corrected chi connectivity index (χ2v) is 14.8. The Kier molecular flexibility index (Phi) is 9.63. The van der Waals surface area contributed by atoms with Crippen LogP contribution >= 0.6 is 0 Å². The zero-order valence-corrected chi connectivity index (χ0v) is 25.5. The van der Waals surface area contributed by atoms with Crippen molar-refractivity contribution in [2.45, 2.75) is 127 Å². The van der Waals surface area contributed by atoms with Gasteiger partial charge in [0.15, 0.2) is 0 Å². The van der Waals surface area contributed by atoms with Gasteiger partial charge in [-0.15, -0.1) is 0 Å². The topological polar surface area (TPSA) is 151 Å². The molecule has 1 heterocycles. The molecule has 3 aliphatic rings. The number of hydrogen-bond donors (Lipinski definition) is 3. The summed E-state index contributed by atoms with van der Waals surface area (Å²) < 4.78 is 32.1. The van der Waals surface area contributed by atoms with Crippen molar-refractivity contribution < 1.29 is 32.3 Å². The fourth-order valence-electron chi connectivity index (χ4n) is 4.94. The first-order valence-corrected chi connectivity index (χ1v) is 15.9. The van der Waals surface area contributed by atoms with Crippen LogP contribution in [0.4, 0.5) is 4.79 Å². The van der Waals surface area contributed by atoms with Gasteiger partial charge in [-0.1, -0.05) is 31.9 Å². The monoisotopic (exact) mass is 582 g/mol. The first-order chi connectivity index (χ1) is 18.6. The average molecular weight is 583 g/mol. The smallest absolute Gasteiger partial charge is 0.408 e. The van der Waals surface area contributed by atoms with Gasteiger partial charge in [0.05, 0.1) is 4.75 Å². The predicted molar refractivity (Wildman–Crippen MR) is 151 cm³/mol. The quantitative estimate of drug-likeness (QED) is 0.236. The van der Waals surface area contributed by atoms with Gasteiger partial charge in [-0.05, 0) is 79.6 Å². The van der Waals surface area contributed by atoms with Crippen molar-refractivity contribution in [2.75, 3.05) is 6.54 Å². The summed E-state index contributed by atoms with van der Waals surface area (Å²) in [7, 11) is -3.89. The van der Waals surface area contributed by atoms with E-state index in [1.54, 1.807) is 27.7 Å². The van der Waals surface area contributed by atoms with Crippen LogP contribution < -0.4 is 15.4 Å². The van der Waals surface area contributed by atoms with Gasteiger partial charge in [0, 0.05) is 12.5 Å². The standard InChI is InChI=1S/C28H46N4O7S/c1-7-8-9-10-11-13-20-18-28(20,24(35)31-40(37,38)27(6)15-16-27)30-22(33)21-14-12-17-32(21)23(34)19(2)29-25(36)39-26(3,4)5/h11,13,19-21H,7-10,12,14-18H2,1-6H3,(H,29,36)(H,30,33)(H,31,35). The normalized spacial score (nSPS) is 26.2. The summed E-state index contributed by atoms with van der Waals surface area (Å²) in [5.41, 5.74) is -2.12. The molecule has 4 amide bonds. The Bertz CT molecular complexity index is 1130. The number of rotatable bonds is 12. The van der Waals surface area contributed by atoms with Gasteiger partial charge in [0.25, 0.3) is 5.91 Å². The molecule has 0 aromatic heterocycles. The maximum absolute atomic E-state index is 13.5. The fourth-order valence-corrected chi connectivity index (χ4v) is 6.25. The third kappa shape index (κ3) is 7.55.